The van der Waals surface area contributed by atoms with Gasteiger partial charge in [0.2, 0.25) is 0 Å². The molecule has 0 amide bonds. The Balaban J connectivity index is 0.000000491. The van der Waals surface area contributed by atoms with Crippen molar-refractivity contribution in [1.29, 1.82) is 0 Å². The monoisotopic (exact) mass is 694 g/mol. The van der Waals surface area contributed by atoms with Gasteiger partial charge in [0, 0.05) is 70.8 Å². The van der Waals surface area contributed by atoms with E-state index < -0.39 is 17.9 Å². The molecule has 4 aromatic rings. The van der Waals surface area contributed by atoms with E-state index >= 15 is 0 Å². The highest BCUT2D eigenvalue weighted by Gasteiger charge is 2.30. The van der Waals surface area contributed by atoms with Crippen molar-refractivity contribution in [1.82, 2.24) is 29.5 Å². The van der Waals surface area contributed by atoms with Gasteiger partial charge in [-0.1, -0.05) is 24.3 Å². The molecule has 50 heavy (non-hydrogen) atoms. The number of anilines is 2. The van der Waals surface area contributed by atoms with E-state index in [2.05, 4.69) is 36.8 Å². The van der Waals surface area contributed by atoms with Gasteiger partial charge in [-0.3, -0.25) is 19.3 Å². The average Bonchev–Trinajstić information content (AvgIpc) is 3.45. The van der Waals surface area contributed by atoms with Crippen molar-refractivity contribution in [2.24, 2.45) is 0 Å². The number of likely N-dealkylation sites (N-methyl/N-ethyl adjacent to an activating group) is 1. The molecule has 0 radical (unpaired) electrons. The van der Waals surface area contributed by atoms with Gasteiger partial charge in [0.1, 0.15) is 23.7 Å². The number of rotatable bonds is 6. The molecule has 0 bridgehead atoms. The molecule has 15 heteroatoms. The number of carbonyl (C=O) groups is 3. The van der Waals surface area contributed by atoms with Gasteiger partial charge in [-0.05, 0) is 62.6 Å². The molecule has 3 heterocycles. The van der Waals surface area contributed by atoms with Crippen LogP contribution < -0.4 is 11.1 Å². The summed E-state index contributed by atoms with van der Waals surface area (Å²) in [6.07, 6.45) is 6.06. The van der Waals surface area contributed by atoms with Gasteiger partial charge in [0.05, 0.1) is 11.4 Å². The van der Waals surface area contributed by atoms with Crippen LogP contribution in [0.3, 0.4) is 0 Å². The summed E-state index contributed by atoms with van der Waals surface area (Å²) in [5.74, 6) is -2.27. The van der Waals surface area contributed by atoms with Crippen molar-refractivity contribution in [3.8, 4) is 11.3 Å². The van der Waals surface area contributed by atoms with Crippen LogP contribution in [0.5, 0.6) is 0 Å². The van der Waals surface area contributed by atoms with E-state index in [-0.39, 0.29) is 5.82 Å². The van der Waals surface area contributed by atoms with Gasteiger partial charge < -0.3 is 31.3 Å². The number of carboxylic acid groups (broad SMARTS) is 3. The lowest BCUT2D eigenvalue weighted by molar-refractivity contribution is -0.135. The smallest absolute Gasteiger partial charge is 0.300 e. The average molecular weight is 695 g/mol. The van der Waals surface area contributed by atoms with Gasteiger partial charge in [-0.25, -0.2) is 19.0 Å². The number of aliphatic carboxylic acids is 3. The molecule has 1 saturated heterocycles. The number of hydrogen-bond acceptors (Lipinski definition) is 10. The van der Waals surface area contributed by atoms with Crippen molar-refractivity contribution >= 4 is 40.4 Å². The maximum atomic E-state index is 13.5. The van der Waals surface area contributed by atoms with E-state index in [0.29, 0.717) is 24.4 Å². The van der Waals surface area contributed by atoms with Crippen molar-refractivity contribution in [2.45, 2.75) is 65.1 Å². The van der Waals surface area contributed by atoms with Crippen LogP contribution in [0.2, 0.25) is 0 Å². The lowest BCUT2D eigenvalue weighted by Crippen LogP contribution is -2.49. The molecule has 1 aliphatic carbocycles. The van der Waals surface area contributed by atoms with Gasteiger partial charge in [0.15, 0.2) is 5.65 Å². The SMILES string of the molecule is CC(=O)O.CC(=O)O.CC(=O)O.CN1CCN([C@H]2CC[C@@H](n3nc(-c4ccc(NCc5cccc(F)c5)cc4)c4c(N)ncnc43)CC2)CC1. The Hall–Kier alpha value is -5.15. The van der Waals surface area contributed by atoms with Crippen molar-refractivity contribution < 1.29 is 34.1 Å². The first-order valence-corrected chi connectivity index (χ1v) is 16.3. The minimum atomic E-state index is -0.833. The van der Waals surface area contributed by atoms with E-state index in [1.165, 1.54) is 25.2 Å². The minimum Gasteiger partial charge on any atom is -0.481 e. The normalized spacial score (nSPS) is 17.5. The molecule has 270 valence electrons. The number of benzene rings is 2. The molecule has 2 fully saturated rings. The second-order valence-electron chi connectivity index (χ2n) is 12.2. The van der Waals surface area contributed by atoms with E-state index in [1.54, 1.807) is 12.1 Å². The van der Waals surface area contributed by atoms with Gasteiger partial charge >= 0.3 is 0 Å². The number of carboxylic acids is 3. The Morgan fingerprint density at radius 2 is 1.42 bits per heavy atom. The first kappa shape index (κ1) is 39.3. The van der Waals surface area contributed by atoms with E-state index in [1.807, 2.05) is 30.3 Å². The number of piperazine rings is 1. The van der Waals surface area contributed by atoms with Gasteiger partial charge in [-0.15, -0.1) is 0 Å². The van der Waals surface area contributed by atoms with Crippen molar-refractivity contribution in [2.75, 3.05) is 44.3 Å². The third-order valence-corrected chi connectivity index (χ3v) is 8.13. The molecule has 1 saturated carbocycles. The molecule has 0 spiro atoms. The minimum absolute atomic E-state index is 0.227. The largest absolute Gasteiger partial charge is 0.481 e. The fourth-order valence-corrected chi connectivity index (χ4v) is 5.90. The maximum absolute atomic E-state index is 13.5. The first-order chi connectivity index (χ1) is 23.7. The zero-order chi connectivity index (χ0) is 36.8. The molecule has 0 atom stereocenters. The highest BCUT2D eigenvalue weighted by Crippen LogP contribution is 2.37. The number of nitrogens with zero attached hydrogens (tertiary/aromatic N) is 6. The van der Waals surface area contributed by atoms with Gasteiger partial charge in [-0.2, -0.15) is 5.10 Å². The van der Waals surface area contributed by atoms with E-state index in [0.717, 1.165) is 93.3 Å². The number of aromatic nitrogens is 4. The molecule has 0 unspecified atom stereocenters. The van der Waals surface area contributed by atoms with Crippen LogP contribution >= 0.6 is 0 Å². The zero-order valence-corrected chi connectivity index (χ0v) is 28.9. The third kappa shape index (κ3) is 12.4. The lowest BCUT2D eigenvalue weighted by Gasteiger charge is -2.41. The third-order valence-electron chi connectivity index (χ3n) is 8.13. The predicted octanol–water partition coefficient (Wildman–Crippen LogP) is 4.83. The molecule has 6 rings (SSSR count). The predicted molar refractivity (Wildman–Crippen MR) is 189 cm³/mol. The fraction of sp³-hybridized carbons (Fsp3) is 0.429. The van der Waals surface area contributed by atoms with Crippen LogP contribution in [0.15, 0.2) is 54.9 Å². The highest BCUT2D eigenvalue weighted by molar-refractivity contribution is 5.98. The quantitative estimate of drug-likeness (QED) is 0.184. The molecular formula is C35H47FN8O6. The van der Waals surface area contributed by atoms with Crippen LogP contribution in [-0.2, 0) is 20.9 Å². The summed E-state index contributed by atoms with van der Waals surface area (Å²) in [4.78, 5) is 41.0. The van der Waals surface area contributed by atoms with Crippen LogP contribution in [0.4, 0.5) is 15.9 Å². The molecule has 6 N–H and O–H groups in total. The highest BCUT2D eigenvalue weighted by atomic mass is 19.1. The number of halogens is 1. The van der Waals surface area contributed by atoms with Crippen LogP contribution in [0.1, 0.15) is 58.1 Å². The number of fused-ring (bicyclic) bond motifs is 1. The molecular weight excluding hydrogens is 647 g/mol. The van der Waals surface area contributed by atoms with Crippen LogP contribution in [-0.4, -0.2) is 102 Å². The Bertz CT molecular complexity index is 1660. The molecule has 14 nitrogen and oxygen atoms in total. The fourth-order valence-electron chi connectivity index (χ4n) is 5.90. The van der Waals surface area contributed by atoms with Crippen molar-refractivity contribution in [3.05, 3.63) is 66.2 Å². The molecule has 2 aliphatic rings. The first-order valence-electron chi connectivity index (χ1n) is 16.3. The summed E-state index contributed by atoms with van der Waals surface area (Å²) in [6, 6.07) is 15.7. The summed E-state index contributed by atoms with van der Waals surface area (Å²) in [7, 11) is 2.21. The summed E-state index contributed by atoms with van der Waals surface area (Å²) in [5.41, 5.74) is 10.8. The van der Waals surface area contributed by atoms with E-state index in [4.69, 9.17) is 40.5 Å². The Morgan fingerprint density at radius 1 is 0.860 bits per heavy atom. The van der Waals surface area contributed by atoms with Gasteiger partial charge in [0.25, 0.3) is 17.9 Å². The topological polar surface area (TPSA) is 200 Å². The Kier molecular flexibility index (Phi) is 15.0. The second-order valence-corrected chi connectivity index (χ2v) is 12.2. The van der Waals surface area contributed by atoms with E-state index in [9.17, 15) is 4.39 Å². The van der Waals surface area contributed by atoms with Crippen LogP contribution in [0, 0.1) is 5.82 Å². The summed E-state index contributed by atoms with van der Waals surface area (Å²) in [5, 5.41) is 31.5. The summed E-state index contributed by atoms with van der Waals surface area (Å²) >= 11 is 0. The summed E-state index contributed by atoms with van der Waals surface area (Å²) < 4.78 is 15.6. The Labute approximate surface area is 290 Å². The molecule has 2 aromatic carbocycles. The molecule has 1 aliphatic heterocycles. The molecule has 2 aromatic heterocycles. The lowest BCUT2D eigenvalue weighted by atomic mass is 9.90. The second kappa shape index (κ2) is 19.1. The van der Waals surface area contributed by atoms with Crippen LogP contribution in [0.25, 0.3) is 22.3 Å². The maximum Gasteiger partial charge on any atom is 0.300 e. The standard InChI is InChI=1S/C29H35FN8.3C2H4O2/c1-36-13-15-37(16-14-36)24-9-11-25(12-10-24)38-29-26(28(31)33-19-34-29)27(35-38)21-5-7-23(8-6-21)32-18-20-3-2-4-22(30)17-20;3*1-2(3)4/h2-8,17,19,24-25,32H,9-16,18H2,1H3,(H2,31,33,34);3*1H3,(H,3,4)/t24-,25+;;;. The number of hydrogen-bond donors (Lipinski definition) is 5. The zero-order valence-electron chi connectivity index (χ0n) is 28.9. The Morgan fingerprint density at radius 3 is 1.98 bits per heavy atom. The number of nitrogens with two attached hydrogens (primary N) is 1. The summed E-state index contributed by atoms with van der Waals surface area (Å²) in [6.45, 7) is 8.44. The number of nitrogen functional groups attached to an aromatic ring is 1. The van der Waals surface area contributed by atoms with Crippen molar-refractivity contribution in [3.63, 3.8) is 0 Å². The number of nitrogens with one attached hydrogen (secondary N) is 1.